The van der Waals surface area contributed by atoms with E-state index in [1.54, 1.807) is 0 Å². The number of alkyl halides is 3. The predicted octanol–water partition coefficient (Wildman–Crippen LogP) is 8.33. The van der Waals surface area contributed by atoms with E-state index in [1.807, 2.05) is 60.7 Å². The van der Waals surface area contributed by atoms with Gasteiger partial charge in [-0.3, -0.25) is 4.79 Å². The Morgan fingerprint density at radius 2 is 1.59 bits per heavy atom. The third-order valence-electron chi connectivity index (χ3n) is 6.04. The fourth-order valence-electron chi connectivity index (χ4n) is 3.97. The van der Waals surface area contributed by atoms with Crippen LogP contribution in [0.2, 0.25) is 0 Å². The SMILES string of the molecule is CC(C)(C)c1ccc(-c2cc(-c3ccccc3)nc(SCC(=O)Nc3cccc(C(F)(F)F)c3)c2C#N)cc1. The molecular formula is C31H26F3N3OS. The molecule has 1 heterocycles. The van der Waals surface area contributed by atoms with E-state index in [-0.39, 0.29) is 16.9 Å². The summed E-state index contributed by atoms with van der Waals surface area (Å²) in [6, 6.07) is 26.1. The molecular weight excluding hydrogens is 519 g/mol. The standard InChI is InChI=1S/C31H26F3N3OS/c1-30(2,3)22-14-12-20(13-15-22)25-17-27(21-8-5-4-6-9-21)37-29(26(25)18-35)39-19-28(38)36-24-11-7-10-23(16-24)31(32,33)34/h4-17H,19H2,1-3H3,(H,36,38). The number of halogens is 3. The van der Waals surface area contributed by atoms with Gasteiger partial charge in [-0.2, -0.15) is 18.4 Å². The minimum atomic E-state index is -4.51. The Bertz CT molecular complexity index is 1520. The molecule has 1 amide bonds. The summed E-state index contributed by atoms with van der Waals surface area (Å²) >= 11 is 1.07. The number of amides is 1. The summed E-state index contributed by atoms with van der Waals surface area (Å²) in [6.45, 7) is 6.38. The van der Waals surface area contributed by atoms with E-state index in [9.17, 15) is 23.2 Å². The Balaban J connectivity index is 1.66. The van der Waals surface area contributed by atoms with E-state index in [0.29, 0.717) is 21.8 Å². The normalized spacial score (nSPS) is 11.6. The van der Waals surface area contributed by atoms with Gasteiger partial charge in [0.15, 0.2) is 0 Å². The minimum absolute atomic E-state index is 0.0297. The van der Waals surface area contributed by atoms with Crippen LogP contribution in [0.25, 0.3) is 22.4 Å². The number of pyridine rings is 1. The number of aromatic nitrogens is 1. The summed E-state index contributed by atoms with van der Waals surface area (Å²) in [5.74, 6) is -0.648. The Morgan fingerprint density at radius 3 is 2.21 bits per heavy atom. The first-order valence-electron chi connectivity index (χ1n) is 12.2. The first kappa shape index (κ1) is 27.9. The summed E-state index contributed by atoms with van der Waals surface area (Å²) in [5.41, 5.74) is 3.67. The highest BCUT2D eigenvalue weighted by molar-refractivity contribution is 8.00. The van der Waals surface area contributed by atoms with Gasteiger partial charge in [0.2, 0.25) is 5.91 Å². The van der Waals surface area contributed by atoms with Crippen molar-refractivity contribution < 1.29 is 18.0 Å². The number of nitrogens with one attached hydrogen (secondary N) is 1. The molecule has 0 radical (unpaired) electrons. The molecule has 1 aromatic heterocycles. The van der Waals surface area contributed by atoms with Crippen LogP contribution in [0.15, 0.2) is 90.0 Å². The van der Waals surface area contributed by atoms with E-state index in [2.05, 4.69) is 32.2 Å². The van der Waals surface area contributed by atoms with Crippen LogP contribution in [0.3, 0.4) is 0 Å². The van der Waals surface area contributed by atoms with E-state index in [0.717, 1.165) is 40.6 Å². The number of carbonyl (C=O) groups excluding carboxylic acids is 1. The van der Waals surface area contributed by atoms with E-state index in [4.69, 9.17) is 4.98 Å². The topological polar surface area (TPSA) is 65.8 Å². The zero-order valence-corrected chi connectivity index (χ0v) is 22.5. The van der Waals surface area contributed by atoms with Gasteiger partial charge in [-0.05, 0) is 40.8 Å². The summed E-state index contributed by atoms with van der Waals surface area (Å²) < 4.78 is 39.1. The van der Waals surface area contributed by atoms with Crippen LogP contribution >= 0.6 is 11.8 Å². The zero-order chi connectivity index (χ0) is 28.2. The van der Waals surface area contributed by atoms with Crippen LogP contribution in [0, 0.1) is 11.3 Å². The Morgan fingerprint density at radius 1 is 0.897 bits per heavy atom. The van der Waals surface area contributed by atoms with Gasteiger partial charge in [-0.25, -0.2) is 4.98 Å². The van der Waals surface area contributed by atoms with Gasteiger partial charge < -0.3 is 5.32 Å². The lowest BCUT2D eigenvalue weighted by Crippen LogP contribution is -2.15. The van der Waals surface area contributed by atoms with Crippen molar-refractivity contribution in [2.24, 2.45) is 0 Å². The maximum Gasteiger partial charge on any atom is 0.416 e. The lowest BCUT2D eigenvalue weighted by atomic mass is 9.86. The van der Waals surface area contributed by atoms with Crippen LogP contribution < -0.4 is 5.32 Å². The second kappa shape index (κ2) is 11.3. The molecule has 0 unspecified atom stereocenters. The van der Waals surface area contributed by atoms with Gasteiger partial charge in [0.1, 0.15) is 11.1 Å². The van der Waals surface area contributed by atoms with Crippen molar-refractivity contribution in [1.82, 2.24) is 4.98 Å². The maximum absolute atomic E-state index is 13.0. The van der Waals surface area contributed by atoms with E-state index >= 15 is 0 Å². The fraction of sp³-hybridized carbons (Fsp3) is 0.194. The molecule has 0 saturated heterocycles. The maximum atomic E-state index is 13.0. The van der Waals surface area contributed by atoms with Crippen molar-refractivity contribution in [3.05, 3.63) is 102 Å². The smallest absolute Gasteiger partial charge is 0.325 e. The number of carbonyl (C=O) groups is 1. The first-order chi connectivity index (χ1) is 18.5. The van der Waals surface area contributed by atoms with Gasteiger partial charge in [-0.1, -0.05) is 93.2 Å². The Labute approximate surface area is 229 Å². The number of nitrogens with zero attached hydrogens (tertiary/aromatic N) is 2. The van der Waals surface area contributed by atoms with Crippen LogP contribution in [-0.4, -0.2) is 16.6 Å². The molecule has 1 N–H and O–H groups in total. The largest absolute Gasteiger partial charge is 0.416 e. The number of nitriles is 1. The van der Waals surface area contributed by atoms with Gasteiger partial charge in [0.05, 0.1) is 22.6 Å². The number of anilines is 1. The number of hydrogen-bond donors (Lipinski definition) is 1. The highest BCUT2D eigenvalue weighted by atomic mass is 32.2. The second-order valence-corrected chi connectivity index (χ2v) is 10.9. The highest BCUT2D eigenvalue weighted by Crippen LogP contribution is 2.35. The van der Waals surface area contributed by atoms with Crippen molar-refractivity contribution in [3.63, 3.8) is 0 Å². The molecule has 0 aliphatic carbocycles. The van der Waals surface area contributed by atoms with Gasteiger partial charge >= 0.3 is 6.18 Å². The Hall–Kier alpha value is -4.09. The summed E-state index contributed by atoms with van der Waals surface area (Å²) in [7, 11) is 0. The van der Waals surface area contributed by atoms with Crippen LogP contribution in [-0.2, 0) is 16.4 Å². The molecule has 8 heteroatoms. The molecule has 0 fully saturated rings. The van der Waals surface area contributed by atoms with Crippen LogP contribution in [0.5, 0.6) is 0 Å². The third kappa shape index (κ3) is 6.87. The number of thioether (sulfide) groups is 1. The lowest BCUT2D eigenvalue weighted by molar-refractivity contribution is -0.137. The highest BCUT2D eigenvalue weighted by Gasteiger charge is 2.30. The van der Waals surface area contributed by atoms with Gasteiger partial charge in [0.25, 0.3) is 0 Å². The van der Waals surface area contributed by atoms with Crippen LogP contribution in [0.1, 0.15) is 37.5 Å². The van der Waals surface area contributed by atoms with Crippen molar-refractivity contribution in [1.29, 1.82) is 5.26 Å². The predicted molar refractivity (Wildman–Crippen MR) is 149 cm³/mol. The average molecular weight is 546 g/mol. The van der Waals surface area contributed by atoms with Crippen LogP contribution in [0.4, 0.5) is 18.9 Å². The minimum Gasteiger partial charge on any atom is -0.325 e. The van der Waals surface area contributed by atoms with Gasteiger partial charge in [0, 0.05) is 16.8 Å². The summed E-state index contributed by atoms with van der Waals surface area (Å²) in [6.07, 6.45) is -4.51. The van der Waals surface area contributed by atoms with Crippen molar-refractivity contribution >= 4 is 23.4 Å². The molecule has 0 atom stereocenters. The monoisotopic (exact) mass is 545 g/mol. The van der Waals surface area contributed by atoms with Crippen molar-refractivity contribution in [2.45, 2.75) is 37.4 Å². The third-order valence-corrected chi connectivity index (χ3v) is 7.02. The average Bonchev–Trinajstić information content (AvgIpc) is 2.91. The van der Waals surface area contributed by atoms with Crippen molar-refractivity contribution in [3.8, 4) is 28.5 Å². The van der Waals surface area contributed by atoms with E-state index < -0.39 is 17.6 Å². The quantitative estimate of drug-likeness (QED) is 0.247. The number of rotatable bonds is 6. The first-order valence-corrected chi connectivity index (χ1v) is 13.2. The molecule has 3 aromatic carbocycles. The van der Waals surface area contributed by atoms with Gasteiger partial charge in [-0.15, -0.1) is 0 Å². The number of hydrogen-bond acceptors (Lipinski definition) is 4. The number of benzene rings is 3. The molecule has 0 saturated carbocycles. The summed E-state index contributed by atoms with van der Waals surface area (Å²) in [4.78, 5) is 17.4. The lowest BCUT2D eigenvalue weighted by Gasteiger charge is -2.19. The van der Waals surface area contributed by atoms with E-state index in [1.165, 1.54) is 12.1 Å². The van der Waals surface area contributed by atoms with Crippen molar-refractivity contribution in [2.75, 3.05) is 11.1 Å². The fourth-order valence-corrected chi connectivity index (χ4v) is 4.78. The molecule has 0 aliphatic heterocycles. The second-order valence-electron chi connectivity index (χ2n) is 9.96. The molecule has 4 rings (SSSR count). The molecule has 39 heavy (non-hydrogen) atoms. The summed E-state index contributed by atoms with van der Waals surface area (Å²) in [5, 5.41) is 13.0. The zero-order valence-electron chi connectivity index (χ0n) is 21.6. The molecule has 0 aliphatic rings. The molecule has 4 nitrogen and oxygen atoms in total. The molecule has 4 aromatic rings. The molecule has 0 bridgehead atoms. The molecule has 0 spiro atoms. The molecule has 198 valence electrons. The Kier molecular flexibility index (Phi) is 8.12.